The van der Waals surface area contributed by atoms with Gasteiger partial charge in [0.15, 0.2) is 0 Å². The summed E-state index contributed by atoms with van der Waals surface area (Å²) >= 11 is 0. The summed E-state index contributed by atoms with van der Waals surface area (Å²) in [5, 5.41) is 19.5. The third-order valence-electron chi connectivity index (χ3n) is 6.34. The van der Waals surface area contributed by atoms with Crippen LogP contribution in [-0.4, -0.2) is 74.3 Å². The summed E-state index contributed by atoms with van der Waals surface area (Å²) in [6.07, 6.45) is -1.01. The lowest BCUT2D eigenvalue weighted by Gasteiger charge is -2.23. The molecule has 0 spiro atoms. The molecule has 2 atom stereocenters. The Morgan fingerprint density at radius 2 is 1.68 bits per heavy atom. The van der Waals surface area contributed by atoms with E-state index in [4.69, 9.17) is 9.57 Å². The van der Waals surface area contributed by atoms with Gasteiger partial charge in [-0.05, 0) is 47.5 Å². The molecule has 1 saturated heterocycles. The number of anilines is 1. The molecule has 3 aromatic rings. The Morgan fingerprint density at radius 1 is 1.02 bits per heavy atom. The fourth-order valence-corrected chi connectivity index (χ4v) is 5.94. The number of oxime groups is 1. The van der Waals surface area contributed by atoms with Crippen molar-refractivity contribution in [2.24, 2.45) is 5.16 Å². The molecule has 1 fully saturated rings. The molecule has 4 rings (SSSR count). The number of benzene rings is 3. The van der Waals surface area contributed by atoms with Crippen LogP contribution < -0.4 is 15.4 Å². The van der Waals surface area contributed by atoms with Crippen molar-refractivity contribution in [2.45, 2.75) is 30.4 Å². The summed E-state index contributed by atoms with van der Waals surface area (Å²) in [5.41, 5.74) is 2.83. The number of aliphatic hydroxyl groups is 1. The minimum absolute atomic E-state index is 0.0478. The van der Waals surface area contributed by atoms with Crippen molar-refractivity contribution >= 4 is 33.2 Å². The van der Waals surface area contributed by atoms with Gasteiger partial charge in [-0.1, -0.05) is 47.6 Å². The van der Waals surface area contributed by atoms with Gasteiger partial charge in [0.05, 0.1) is 17.2 Å². The van der Waals surface area contributed by atoms with Gasteiger partial charge in [0, 0.05) is 25.6 Å². The van der Waals surface area contributed by atoms with Crippen molar-refractivity contribution in [3.05, 3.63) is 78.9 Å². The molecule has 0 aliphatic carbocycles. The summed E-state index contributed by atoms with van der Waals surface area (Å²) in [7, 11) is -2.70. The van der Waals surface area contributed by atoms with Gasteiger partial charge in [-0.2, -0.15) is 4.31 Å². The zero-order valence-electron chi connectivity index (χ0n) is 22.7. The second-order valence-electron chi connectivity index (χ2n) is 9.42. The molecule has 12 heteroatoms. The summed E-state index contributed by atoms with van der Waals surface area (Å²) < 4.78 is 33.8. The number of carbonyl (C=O) groups excluding carboxylic acids is 2. The van der Waals surface area contributed by atoms with Crippen LogP contribution in [0.15, 0.2) is 88.9 Å². The van der Waals surface area contributed by atoms with Crippen LogP contribution in [0.4, 0.5) is 5.69 Å². The molecule has 3 aromatic carbocycles. The molecule has 41 heavy (non-hydrogen) atoms. The van der Waals surface area contributed by atoms with Gasteiger partial charge >= 0.3 is 0 Å². The molecule has 1 unspecified atom stereocenters. The first-order chi connectivity index (χ1) is 19.7. The van der Waals surface area contributed by atoms with Crippen LogP contribution in [0.1, 0.15) is 13.3 Å². The van der Waals surface area contributed by atoms with Crippen molar-refractivity contribution in [2.75, 3.05) is 32.1 Å². The monoisotopic (exact) mass is 580 g/mol. The second kappa shape index (κ2) is 13.4. The Kier molecular flexibility index (Phi) is 9.71. The fourth-order valence-electron chi connectivity index (χ4n) is 4.36. The maximum atomic E-state index is 13.6. The topological polar surface area (TPSA) is 147 Å². The van der Waals surface area contributed by atoms with Crippen LogP contribution in [0, 0.1) is 0 Å². The third-order valence-corrected chi connectivity index (χ3v) is 8.20. The molecule has 0 bridgehead atoms. The van der Waals surface area contributed by atoms with Gasteiger partial charge in [-0.25, -0.2) is 8.42 Å². The lowest BCUT2D eigenvalue weighted by atomic mass is 10.1. The zero-order valence-corrected chi connectivity index (χ0v) is 23.5. The Hall–Kier alpha value is -4.26. The van der Waals surface area contributed by atoms with E-state index in [1.165, 1.54) is 26.2 Å². The maximum absolute atomic E-state index is 13.6. The number of hydrogen-bond donors (Lipinski definition) is 3. The Balaban J connectivity index is 1.39. The summed E-state index contributed by atoms with van der Waals surface area (Å²) in [5.74, 6) is -0.300. The largest absolute Gasteiger partial charge is 0.491 e. The second-order valence-corrected chi connectivity index (χ2v) is 11.3. The van der Waals surface area contributed by atoms with Gasteiger partial charge in [-0.3, -0.25) is 9.59 Å². The lowest BCUT2D eigenvalue weighted by molar-refractivity contribution is -0.124. The molecule has 1 aliphatic heterocycles. The number of nitrogens with zero attached hydrogens (tertiary/aromatic N) is 2. The summed E-state index contributed by atoms with van der Waals surface area (Å²) in [4.78, 5) is 29.2. The van der Waals surface area contributed by atoms with E-state index in [0.29, 0.717) is 17.1 Å². The van der Waals surface area contributed by atoms with Crippen molar-refractivity contribution in [3.63, 3.8) is 0 Å². The highest BCUT2D eigenvalue weighted by Gasteiger charge is 2.42. The predicted octanol–water partition coefficient (Wildman–Crippen LogP) is 2.63. The first-order valence-corrected chi connectivity index (χ1v) is 14.3. The SMILES string of the molecule is CO/N=C1/C[C@@H](C(=O)NCC(O)COc2ccc(NC(C)=O)cc2)N(S(=O)(=O)c2ccc(-c3ccccc3)cc2)C1. The highest BCUT2D eigenvalue weighted by atomic mass is 32.2. The Morgan fingerprint density at radius 3 is 2.32 bits per heavy atom. The number of nitrogens with one attached hydrogen (secondary N) is 2. The van der Waals surface area contributed by atoms with Crippen LogP contribution in [0.2, 0.25) is 0 Å². The average molecular weight is 581 g/mol. The van der Waals surface area contributed by atoms with E-state index in [0.717, 1.165) is 15.4 Å². The normalized spacial score (nSPS) is 17.1. The fraction of sp³-hybridized carbons (Fsp3) is 0.276. The van der Waals surface area contributed by atoms with Crippen LogP contribution in [0.25, 0.3) is 11.1 Å². The zero-order chi connectivity index (χ0) is 29.4. The van der Waals surface area contributed by atoms with Crippen LogP contribution >= 0.6 is 0 Å². The molecule has 0 aromatic heterocycles. The standard InChI is InChI=1S/C29H32N4O7S/c1-20(34)31-23-10-12-26(13-11-23)40-19-25(35)17-30-29(36)28-16-24(32-39-2)18-33(28)41(37,38)27-14-8-22(9-15-27)21-6-4-3-5-7-21/h3-15,25,28,35H,16-19H2,1-2H3,(H,30,36)(H,31,34)/b32-24-/t25?,28-/m0/s1. The maximum Gasteiger partial charge on any atom is 0.244 e. The van der Waals surface area contributed by atoms with Gasteiger partial charge in [0.1, 0.15) is 31.6 Å². The number of carbonyl (C=O) groups is 2. The molecule has 0 radical (unpaired) electrons. The van der Waals surface area contributed by atoms with Gasteiger partial charge in [0.2, 0.25) is 21.8 Å². The molecule has 2 amide bonds. The highest BCUT2D eigenvalue weighted by Crippen LogP contribution is 2.28. The van der Waals surface area contributed by atoms with E-state index in [2.05, 4.69) is 15.8 Å². The summed E-state index contributed by atoms with van der Waals surface area (Å²) in [6.45, 7) is 1.03. The third kappa shape index (κ3) is 7.69. The molecule has 3 N–H and O–H groups in total. The van der Waals surface area contributed by atoms with Crippen molar-refractivity contribution in [1.82, 2.24) is 9.62 Å². The van der Waals surface area contributed by atoms with Gasteiger partial charge in [0.25, 0.3) is 0 Å². The number of sulfonamides is 1. The highest BCUT2D eigenvalue weighted by molar-refractivity contribution is 7.89. The van der Waals surface area contributed by atoms with Crippen molar-refractivity contribution < 1.29 is 32.7 Å². The Labute approximate surface area is 238 Å². The quantitative estimate of drug-likeness (QED) is 0.296. The minimum atomic E-state index is -4.06. The molecule has 0 saturated carbocycles. The summed E-state index contributed by atoms with van der Waals surface area (Å²) in [6, 6.07) is 21.6. The van der Waals surface area contributed by atoms with E-state index < -0.39 is 28.1 Å². The van der Waals surface area contributed by atoms with Crippen LogP contribution in [-0.2, 0) is 24.4 Å². The molecule has 1 heterocycles. The first kappa shape index (κ1) is 29.7. The minimum Gasteiger partial charge on any atom is -0.491 e. The number of aliphatic hydroxyl groups excluding tert-OH is 1. The number of rotatable bonds is 11. The number of amides is 2. The molecule has 216 valence electrons. The number of ether oxygens (including phenoxy) is 1. The van der Waals surface area contributed by atoms with E-state index in [1.54, 1.807) is 36.4 Å². The Bertz CT molecular complexity index is 1480. The average Bonchev–Trinajstić information content (AvgIpc) is 3.41. The van der Waals surface area contributed by atoms with Gasteiger partial charge < -0.3 is 25.3 Å². The smallest absolute Gasteiger partial charge is 0.244 e. The van der Waals surface area contributed by atoms with E-state index in [1.807, 2.05) is 30.3 Å². The first-order valence-electron chi connectivity index (χ1n) is 12.9. The van der Waals surface area contributed by atoms with Crippen LogP contribution in [0.5, 0.6) is 5.75 Å². The van der Waals surface area contributed by atoms with E-state index in [-0.39, 0.29) is 36.9 Å². The van der Waals surface area contributed by atoms with E-state index in [9.17, 15) is 23.1 Å². The molecular formula is C29H32N4O7S. The predicted molar refractivity (Wildman–Crippen MR) is 154 cm³/mol. The van der Waals surface area contributed by atoms with Gasteiger partial charge in [-0.15, -0.1) is 0 Å². The number of hydrogen-bond acceptors (Lipinski definition) is 8. The van der Waals surface area contributed by atoms with Crippen LogP contribution in [0.3, 0.4) is 0 Å². The molecular weight excluding hydrogens is 548 g/mol. The van der Waals surface area contributed by atoms with Crippen molar-refractivity contribution in [1.29, 1.82) is 0 Å². The van der Waals surface area contributed by atoms with E-state index >= 15 is 0 Å². The molecule has 1 aliphatic rings. The van der Waals surface area contributed by atoms with Crippen molar-refractivity contribution in [3.8, 4) is 16.9 Å². The molecule has 11 nitrogen and oxygen atoms in total. The lowest BCUT2D eigenvalue weighted by Crippen LogP contribution is -2.48.